The van der Waals surface area contributed by atoms with Gasteiger partial charge in [-0.05, 0) is 65.3 Å². The second-order valence-corrected chi connectivity index (χ2v) is 6.46. The number of carboxylic acid groups (broad SMARTS) is 1. The Hall–Kier alpha value is -2.09. The summed E-state index contributed by atoms with van der Waals surface area (Å²) in [6.45, 7) is 0. The van der Waals surface area contributed by atoms with Crippen LogP contribution in [0.5, 0.6) is 5.75 Å². The minimum absolute atomic E-state index is 0.313. The van der Waals surface area contributed by atoms with Crippen LogP contribution in [-0.2, 0) is 16.0 Å². The van der Waals surface area contributed by atoms with Crippen LogP contribution in [0.15, 0.2) is 48.5 Å². The number of para-hydroxylation sites is 1. The number of rotatable bonds is 7. The van der Waals surface area contributed by atoms with Gasteiger partial charge in [-0.25, -0.2) is 0 Å². The molecule has 0 radical (unpaired) electrons. The number of amides is 1. The van der Waals surface area contributed by atoms with E-state index < -0.39 is 11.9 Å². The van der Waals surface area contributed by atoms with Crippen molar-refractivity contribution in [3.63, 3.8) is 0 Å². The number of methoxy groups -OCH3 is 1. The number of ether oxygens (including phenoxy) is 1. The lowest BCUT2D eigenvalue weighted by atomic mass is 9.95. The number of carbonyl (C=O) groups is 2. The fourth-order valence-corrected chi connectivity index (χ4v) is 2.82. The Morgan fingerprint density at radius 3 is 2.42 bits per heavy atom. The summed E-state index contributed by atoms with van der Waals surface area (Å²) in [7, 11) is 1.57. The average molecular weight is 438 g/mol. The lowest BCUT2D eigenvalue weighted by Crippen LogP contribution is -2.32. The highest BCUT2D eigenvalue weighted by molar-refractivity contribution is 14.1. The zero-order valence-corrected chi connectivity index (χ0v) is 15.3. The zero-order valence-electron chi connectivity index (χ0n) is 13.1. The van der Waals surface area contributed by atoms with Crippen molar-refractivity contribution in [1.29, 1.82) is 0 Å². The smallest absolute Gasteiger partial charge is 0.228 e. The Kier molecular flexibility index (Phi) is 6.60. The maximum atomic E-state index is 12.5. The molecule has 5 nitrogen and oxygen atoms in total. The van der Waals surface area contributed by atoms with Crippen molar-refractivity contribution in [3.8, 4) is 5.75 Å². The SMILES string of the molecule is COc1ccc(C[C@@H](CC(=O)[O-])C(=O)Nc2ccccc2I)cc1. The molecule has 2 aromatic carbocycles. The van der Waals surface area contributed by atoms with E-state index in [2.05, 4.69) is 27.9 Å². The van der Waals surface area contributed by atoms with Gasteiger partial charge in [-0.3, -0.25) is 4.79 Å². The summed E-state index contributed by atoms with van der Waals surface area (Å²) in [6.07, 6.45) is -0.0193. The minimum Gasteiger partial charge on any atom is -0.550 e. The lowest BCUT2D eigenvalue weighted by molar-refractivity contribution is -0.306. The van der Waals surface area contributed by atoms with Crippen LogP contribution < -0.4 is 15.2 Å². The molecule has 1 atom stereocenters. The van der Waals surface area contributed by atoms with Gasteiger partial charge in [0.1, 0.15) is 5.75 Å². The predicted molar refractivity (Wildman–Crippen MR) is 97.6 cm³/mol. The third-order valence-corrected chi connectivity index (χ3v) is 4.50. The highest BCUT2D eigenvalue weighted by atomic mass is 127. The number of benzene rings is 2. The second kappa shape index (κ2) is 8.68. The zero-order chi connectivity index (χ0) is 17.5. The first-order chi connectivity index (χ1) is 11.5. The first-order valence-electron chi connectivity index (χ1n) is 7.37. The van der Waals surface area contributed by atoms with E-state index in [1.165, 1.54) is 0 Å². The van der Waals surface area contributed by atoms with Gasteiger partial charge in [0.2, 0.25) is 5.91 Å². The molecular formula is C18H17INO4-. The molecular weight excluding hydrogens is 421 g/mol. The molecule has 0 aromatic heterocycles. The minimum atomic E-state index is -1.24. The van der Waals surface area contributed by atoms with E-state index in [1.807, 2.05) is 30.3 Å². The van der Waals surface area contributed by atoms with Crippen molar-refractivity contribution in [3.05, 3.63) is 57.7 Å². The lowest BCUT2D eigenvalue weighted by Gasteiger charge is -2.18. The molecule has 0 bridgehead atoms. The van der Waals surface area contributed by atoms with Crippen molar-refractivity contribution in [2.75, 3.05) is 12.4 Å². The summed E-state index contributed by atoms with van der Waals surface area (Å²) in [5.74, 6) is -1.58. The highest BCUT2D eigenvalue weighted by Crippen LogP contribution is 2.21. The molecule has 0 aliphatic heterocycles. The van der Waals surface area contributed by atoms with Gasteiger partial charge in [0.15, 0.2) is 0 Å². The molecule has 2 aromatic rings. The molecule has 1 amide bonds. The third-order valence-electron chi connectivity index (χ3n) is 3.56. The first kappa shape index (κ1) is 18.3. The number of carbonyl (C=O) groups excluding carboxylic acids is 2. The molecule has 0 aliphatic carbocycles. The van der Waals surface area contributed by atoms with Gasteiger partial charge in [-0.15, -0.1) is 0 Å². The van der Waals surface area contributed by atoms with Crippen molar-refractivity contribution in [1.82, 2.24) is 0 Å². The summed E-state index contributed by atoms with van der Waals surface area (Å²) in [4.78, 5) is 23.5. The highest BCUT2D eigenvalue weighted by Gasteiger charge is 2.20. The first-order valence-corrected chi connectivity index (χ1v) is 8.45. The number of hydrogen-bond acceptors (Lipinski definition) is 4. The van der Waals surface area contributed by atoms with Crippen LogP contribution in [-0.4, -0.2) is 19.0 Å². The molecule has 126 valence electrons. The summed E-state index contributed by atoms with van der Waals surface area (Å²) >= 11 is 2.12. The number of nitrogens with one attached hydrogen (secondary N) is 1. The normalized spacial score (nSPS) is 11.6. The monoisotopic (exact) mass is 438 g/mol. The molecule has 6 heteroatoms. The molecule has 24 heavy (non-hydrogen) atoms. The van der Waals surface area contributed by atoms with Gasteiger partial charge in [-0.1, -0.05) is 24.3 Å². The number of anilines is 1. The fraction of sp³-hybridized carbons (Fsp3) is 0.222. The molecule has 0 fully saturated rings. The molecule has 2 rings (SSSR count). The standard InChI is InChI=1S/C18H18INO4/c1-24-14-8-6-12(7-9-14)10-13(11-17(21)22)18(23)20-16-5-3-2-4-15(16)19/h2-9,13H,10-11H2,1H3,(H,20,23)(H,21,22)/p-1/t13-/m0/s1. The average Bonchev–Trinajstić information content (AvgIpc) is 2.56. The topological polar surface area (TPSA) is 78.5 Å². The Labute approximate surface area is 154 Å². The van der Waals surface area contributed by atoms with Crippen LogP contribution >= 0.6 is 22.6 Å². The summed E-state index contributed by atoms with van der Waals surface area (Å²) < 4.78 is 5.98. The number of aliphatic carboxylic acids is 1. The van der Waals surface area contributed by atoms with Crippen LogP contribution in [0.3, 0.4) is 0 Å². The summed E-state index contributed by atoms with van der Waals surface area (Å²) in [6, 6.07) is 14.5. The Morgan fingerprint density at radius 2 is 1.83 bits per heavy atom. The second-order valence-electron chi connectivity index (χ2n) is 5.29. The summed E-state index contributed by atoms with van der Waals surface area (Å²) in [5.41, 5.74) is 1.53. The molecule has 0 saturated heterocycles. The molecule has 1 N–H and O–H groups in total. The number of carboxylic acids is 1. The van der Waals surface area contributed by atoms with Crippen molar-refractivity contribution in [2.45, 2.75) is 12.8 Å². The molecule has 0 aliphatic rings. The predicted octanol–water partition coefficient (Wildman–Crippen LogP) is 2.24. The largest absolute Gasteiger partial charge is 0.550 e. The van der Waals surface area contributed by atoms with E-state index in [0.717, 1.165) is 9.13 Å². The van der Waals surface area contributed by atoms with E-state index in [4.69, 9.17) is 4.74 Å². The van der Waals surface area contributed by atoms with Crippen molar-refractivity contribution >= 4 is 40.2 Å². The quantitative estimate of drug-likeness (QED) is 0.673. The Bertz CT molecular complexity index is 715. The number of halogens is 1. The van der Waals surface area contributed by atoms with E-state index >= 15 is 0 Å². The van der Waals surface area contributed by atoms with Gasteiger partial charge in [0.25, 0.3) is 0 Å². The van der Waals surface area contributed by atoms with Crippen LogP contribution in [0.25, 0.3) is 0 Å². The molecule has 0 unspecified atom stereocenters. The van der Waals surface area contributed by atoms with Crippen LogP contribution in [0.1, 0.15) is 12.0 Å². The van der Waals surface area contributed by atoms with E-state index in [0.29, 0.717) is 17.9 Å². The molecule has 0 saturated carbocycles. The van der Waals surface area contributed by atoms with Crippen LogP contribution in [0.4, 0.5) is 5.69 Å². The molecule has 0 heterocycles. The summed E-state index contributed by atoms with van der Waals surface area (Å²) in [5, 5.41) is 13.8. The van der Waals surface area contributed by atoms with Gasteiger partial charge >= 0.3 is 0 Å². The maximum Gasteiger partial charge on any atom is 0.228 e. The van der Waals surface area contributed by atoms with E-state index in [9.17, 15) is 14.7 Å². The molecule has 0 spiro atoms. The van der Waals surface area contributed by atoms with Gasteiger partial charge in [-0.2, -0.15) is 0 Å². The van der Waals surface area contributed by atoms with Gasteiger partial charge < -0.3 is 20.0 Å². The van der Waals surface area contributed by atoms with Gasteiger partial charge in [0.05, 0.1) is 12.8 Å². The van der Waals surface area contributed by atoms with E-state index in [-0.39, 0.29) is 12.3 Å². The Morgan fingerprint density at radius 1 is 1.17 bits per heavy atom. The maximum absolute atomic E-state index is 12.5. The van der Waals surface area contributed by atoms with E-state index in [1.54, 1.807) is 25.3 Å². The Balaban J connectivity index is 2.12. The van der Waals surface area contributed by atoms with Crippen LogP contribution in [0.2, 0.25) is 0 Å². The van der Waals surface area contributed by atoms with Crippen molar-refractivity contribution < 1.29 is 19.4 Å². The number of hydrogen-bond donors (Lipinski definition) is 1. The third kappa shape index (κ3) is 5.23. The van der Waals surface area contributed by atoms with Crippen molar-refractivity contribution in [2.24, 2.45) is 5.92 Å². The van der Waals surface area contributed by atoms with Gasteiger partial charge in [0, 0.05) is 15.5 Å². The van der Waals surface area contributed by atoms with Crippen LogP contribution in [0, 0.1) is 9.49 Å². The fourth-order valence-electron chi connectivity index (χ4n) is 2.30.